The second-order valence-corrected chi connectivity index (χ2v) is 14.3. The molecule has 0 unspecified atom stereocenters. The molecule has 10 rings (SSSR count). The normalized spacial score (nSPS) is 22.4. The van der Waals surface area contributed by atoms with E-state index in [0.29, 0.717) is 28.5 Å². The van der Waals surface area contributed by atoms with E-state index in [2.05, 4.69) is 84.9 Å². The Morgan fingerprint density at radius 3 is 1.40 bits per heavy atom. The first kappa shape index (κ1) is 28.8. The Balaban J connectivity index is 1.16. The lowest BCUT2D eigenvalue weighted by Crippen LogP contribution is -2.48. The highest BCUT2D eigenvalue weighted by atomic mass is 15.0. The van der Waals surface area contributed by atoms with Crippen molar-refractivity contribution < 1.29 is 0 Å². The van der Waals surface area contributed by atoms with Crippen molar-refractivity contribution in [2.75, 3.05) is 0 Å². The quantitative estimate of drug-likeness (QED) is 0.186. The molecule has 0 N–H and O–H groups in total. The highest BCUT2D eigenvalue weighted by Gasteiger charge is 2.51. The summed E-state index contributed by atoms with van der Waals surface area (Å²) in [5.74, 6) is 4.72. The summed E-state index contributed by atoms with van der Waals surface area (Å²) < 4.78 is 0. The second-order valence-electron chi connectivity index (χ2n) is 14.3. The van der Waals surface area contributed by atoms with Crippen molar-refractivity contribution in [3.63, 3.8) is 0 Å². The zero-order valence-electron chi connectivity index (χ0n) is 26.9. The van der Waals surface area contributed by atoms with Gasteiger partial charge in [-0.1, -0.05) is 97.1 Å². The summed E-state index contributed by atoms with van der Waals surface area (Å²) in [4.78, 5) is 15.3. The molecule has 1 aromatic heterocycles. The van der Waals surface area contributed by atoms with Crippen LogP contribution < -0.4 is 0 Å². The zero-order chi connectivity index (χ0) is 32.1. The maximum atomic E-state index is 9.38. The minimum Gasteiger partial charge on any atom is -0.208 e. The average molecular weight is 621 g/mol. The van der Waals surface area contributed by atoms with E-state index in [1.807, 2.05) is 48.5 Å². The van der Waals surface area contributed by atoms with Gasteiger partial charge < -0.3 is 0 Å². The molecule has 0 aliphatic heterocycles. The van der Waals surface area contributed by atoms with Gasteiger partial charge in [0.1, 0.15) is 0 Å². The summed E-state index contributed by atoms with van der Waals surface area (Å²) in [5, 5.41) is 9.38. The molecule has 6 aromatic rings. The van der Waals surface area contributed by atoms with Gasteiger partial charge >= 0.3 is 0 Å². The van der Waals surface area contributed by atoms with E-state index in [4.69, 9.17) is 15.0 Å². The summed E-state index contributed by atoms with van der Waals surface area (Å²) in [7, 11) is 0. The molecule has 0 amide bonds. The van der Waals surface area contributed by atoms with Crippen LogP contribution in [0.4, 0.5) is 0 Å². The summed E-state index contributed by atoms with van der Waals surface area (Å²) in [5.41, 5.74) is 9.66. The monoisotopic (exact) mass is 620 g/mol. The predicted molar refractivity (Wildman–Crippen MR) is 192 cm³/mol. The Bertz CT molecular complexity index is 2110. The lowest BCUT2D eigenvalue weighted by atomic mass is 9.48. The van der Waals surface area contributed by atoms with Gasteiger partial charge in [0.25, 0.3) is 0 Å². The van der Waals surface area contributed by atoms with Crippen LogP contribution in [0.15, 0.2) is 127 Å². The Morgan fingerprint density at radius 1 is 0.458 bits per heavy atom. The molecule has 4 aliphatic carbocycles. The molecule has 4 heteroatoms. The molecule has 4 nitrogen and oxygen atoms in total. The van der Waals surface area contributed by atoms with Gasteiger partial charge in [-0.05, 0) is 120 Å². The van der Waals surface area contributed by atoms with E-state index >= 15 is 0 Å². The second kappa shape index (κ2) is 11.7. The predicted octanol–water partition coefficient (Wildman–Crippen LogP) is 10.5. The van der Waals surface area contributed by atoms with E-state index < -0.39 is 0 Å². The SMILES string of the molecule is N#Cc1ccc(-c2cc(-c3ccccc3)cc(-c3nc(-c4ccccc4)nc(-c4ccc(C56CC7C[C@H](C5)C[C@@H](C7)C6)cc4)n3)c2)cc1. The van der Waals surface area contributed by atoms with E-state index in [-0.39, 0.29) is 0 Å². The molecule has 4 saturated carbocycles. The molecular weight excluding hydrogens is 585 g/mol. The Morgan fingerprint density at radius 2 is 0.875 bits per heavy atom. The van der Waals surface area contributed by atoms with Crippen molar-refractivity contribution in [3.05, 3.63) is 139 Å². The Hall–Kier alpha value is -5.40. The maximum absolute atomic E-state index is 9.38. The van der Waals surface area contributed by atoms with Gasteiger partial charge in [0.2, 0.25) is 0 Å². The van der Waals surface area contributed by atoms with Crippen LogP contribution >= 0.6 is 0 Å². The highest BCUT2D eigenvalue weighted by molar-refractivity contribution is 5.80. The zero-order valence-corrected chi connectivity index (χ0v) is 26.9. The summed E-state index contributed by atoms with van der Waals surface area (Å²) in [6, 6.07) is 46.3. The van der Waals surface area contributed by atoms with Crippen LogP contribution in [0.25, 0.3) is 56.4 Å². The van der Waals surface area contributed by atoms with Gasteiger partial charge in [0, 0.05) is 16.7 Å². The largest absolute Gasteiger partial charge is 0.208 e. The topological polar surface area (TPSA) is 62.5 Å². The van der Waals surface area contributed by atoms with Gasteiger partial charge in [0.05, 0.1) is 11.6 Å². The number of hydrogen-bond acceptors (Lipinski definition) is 4. The van der Waals surface area contributed by atoms with Crippen molar-refractivity contribution in [1.82, 2.24) is 15.0 Å². The number of hydrogen-bond donors (Lipinski definition) is 0. The number of aromatic nitrogens is 3. The molecule has 4 aliphatic rings. The molecule has 0 spiro atoms. The van der Waals surface area contributed by atoms with Gasteiger partial charge in [-0.2, -0.15) is 5.26 Å². The van der Waals surface area contributed by atoms with Crippen LogP contribution in [-0.2, 0) is 5.41 Å². The van der Waals surface area contributed by atoms with Gasteiger partial charge in [-0.3, -0.25) is 0 Å². The van der Waals surface area contributed by atoms with Crippen LogP contribution in [0.1, 0.15) is 49.7 Å². The highest BCUT2D eigenvalue weighted by Crippen LogP contribution is 2.60. The maximum Gasteiger partial charge on any atom is 0.164 e. The Labute approximate surface area is 282 Å². The molecule has 5 aromatic carbocycles. The van der Waals surface area contributed by atoms with Crippen molar-refractivity contribution in [3.8, 4) is 62.5 Å². The number of nitriles is 1. The third kappa shape index (κ3) is 5.30. The fourth-order valence-corrected chi connectivity index (χ4v) is 9.25. The fourth-order valence-electron chi connectivity index (χ4n) is 9.25. The first-order valence-electron chi connectivity index (χ1n) is 17.2. The van der Waals surface area contributed by atoms with E-state index in [9.17, 15) is 5.26 Å². The van der Waals surface area contributed by atoms with Crippen molar-refractivity contribution >= 4 is 0 Å². The fraction of sp³-hybridized carbons (Fsp3) is 0.227. The molecule has 48 heavy (non-hydrogen) atoms. The Kier molecular flexibility index (Phi) is 7.01. The van der Waals surface area contributed by atoms with E-state index in [1.54, 1.807) is 0 Å². The van der Waals surface area contributed by atoms with Crippen LogP contribution in [0.2, 0.25) is 0 Å². The average Bonchev–Trinajstić information content (AvgIpc) is 3.15. The molecular formula is C44H36N4. The standard InChI is InChI=1S/C44H36N4/c45-28-29-11-13-34(14-12-29)38-22-37(33-7-3-1-4-8-33)23-39(24-38)43-47-41(35-9-5-2-6-10-35)46-42(48-43)36-15-17-40(18-16-36)44-25-30-19-31(26-44)21-32(20-30)27-44/h1-18,22-24,30-32H,19-21,25-27H2/t30-,31+,32?,44?. The lowest BCUT2D eigenvalue weighted by Gasteiger charge is -2.57. The van der Waals surface area contributed by atoms with Gasteiger partial charge in [-0.15, -0.1) is 0 Å². The van der Waals surface area contributed by atoms with Crippen LogP contribution in [0.3, 0.4) is 0 Å². The van der Waals surface area contributed by atoms with Crippen LogP contribution in [0, 0.1) is 29.1 Å². The number of rotatable bonds is 6. The van der Waals surface area contributed by atoms with Crippen LogP contribution in [0.5, 0.6) is 0 Å². The molecule has 0 radical (unpaired) electrons. The summed E-state index contributed by atoms with van der Waals surface area (Å²) >= 11 is 0. The van der Waals surface area contributed by atoms with Gasteiger partial charge in [-0.25, -0.2) is 15.0 Å². The number of benzene rings is 5. The van der Waals surface area contributed by atoms with E-state index in [0.717, 1.165) is 56.7 Å². The van der Waals surface area contributed by atoms with Crippen LogP contribution in [-0.4, -0.2) is 15.0 Å². The number of nitrogens with zero attached hydrogens (tertiary/aromatic N) is 4. The van der Waals surface area contributed by atoms with Crippen molar-refractivity contribution in [2.24, 2.45) is 17.8 Å². The minimum atomic E-state index is 0.354. The third-order valence-corrected chi connectivity index (χ3v) is 11.1. The molecule has 4 fully saturated rings. The van der Waals surface area contributed by atoms with Crippen molar-refractivity contribution in [1.29, 1.82) is 5.26 Å². The van der Waals surface area contributed by atoms with Gasteiger partial charge in [0.15, 0.2) is 17.5 Å². The smallest absolute Gasteiger partial charge is 0.164 e. The lowest BCUT2D eigenvalue weighted by molar-refractivity contribution is -0.00518. The van der Waals surface area contributed by atoms with E-state index in [1.165, 1.54) is 44.1 Å². The minimum absolute atomic E-state index is 0.354. The summed E-state index contributed by atoms with van der Waals surface area (Å²) in [6.45, 7) is 0. The molecule has 4 bridgehead atoms. The molecule has 0 atom stereocenters. The first-order chi connectivity index (χ1) is 23.6. The third-order valence-electron chi connectivity index (χ3n) is 11.1. The molecule has 0 saturated heterocycles. The molecule has 232 valence electrons. The first-order valence-corrected chi connectivity index (χ1v) is 17.2. The molecule has 1 heterocycles. The summed E-state index contributed by atoms with van der Waals surface area (Å²) in [6.07, 6.45) is 8.41. The van der Waals surface area contributed by atoms with Crippen molar-refractivity contribution in [2.45, 2.75) is 43.9 Å².